The van der Waals surface area contributed by atoms with Crippen molar-refractivity contribution in [2.24, 2.45) is 0 Å². The van der Waals surface area contributed by atoms with Gasteiger partial charge in [0.25, 0.3) is 0 Å². The van der Waals surface area contributed by atoms with E-state index in [2.05, 4.69) is 120 Å². The van der Waals surface area contributed by atoms with Gasteiger partial charge in [0.05, 0.1) is 5.52 Å². The molecule has 57 heavy (non-hydrogen) atoms. The largest absolute Gasteiger partial charge is 0.456 e. The van der Waals surface area contributed by atoms with Gasteiger partial charge in [0, 0.05) is 43.4 Å². The molecule has 6 nitrogen and oxygen atoms in total. The first-order chi connectivity index (χ1) is 28.3. The molecule has 0 aliphatic carbocycles. The second kappa shape index (κ2) is 12.3. The van der Waals surface area contributed by atoms with Crippen LogP contribution in [0.25, 0.3) is 117 Å². The third-order valence-corrected chi connectivity index (χ3v) is 11.1. The highest BCUT2D eigenvalue weighted by Crippen LogP contribution is 2.43. The monoisotopic (exact) mass is 730 g/mol. The molecular formula is C51H30N4O2. The predicted molar refractivity (Wildman–Crippen MR) is 230 cm³/mol. The van der Waals surface area contributed by atoms with Gasteiger partial charge >= 0.3 is 0 Å². The van der Waals surface area contributed by atoms with Crippen LogP contribution in [0.3, 0.4) is 0 Å². The molecule has 4 heterocycles. The SMILES string of the molecule is c1ccc(-c2nc(-c3ccc4c(c3)oc3cccc(-c5ccccc5)c34)nc(-n3c4ccccc4c4ccc5c(oc6cccc(-c7ccccc7)c65)c43)n2)cc1. The van der Waals surface area contributed by atoms with Crippen LogP contribution in [0.1, 0.15) is 0 Å². The van der Waals surface area contributed by atoms with Crippen LogP contribution < -0.4 is 0 Å². The number of furan rings is 2. The summed E-state index contributed by atoms with van der Waals surface area (Å²) >= 11 is 0. The fourth-order valence-corrected chi connectivity index (χ4v) is 8.53. The molecule has 0 saturated heterocycles. The van der Waals surface area contributed by atoms with Gasteiger partial charge in [-0.1, -0.05) is 146 Å². The Kier molecular flexibility index (Phi) is 6.83. The van der Waals surface area contributed by atoms with Crippen LogP contribution in [0.15, 0.2) is 191 Å². The van der Waals surface area contributed by atoms with Crippen molar-refractivity contribution in [1.29, 1.82) is 0 Å². The number of nitrogens with zero attached hydrogens (tertiary/aromatic N) is 4. The van der Waals surface area contributed by atoms with Crippen molar-refractivity contribution in [3.63, 3.8) is 0 Å². The van der Waals surface area contributed by atoms with Crippen molar-refractivity contribution in [2.45, 2.75) is 0 Å². The van der Waals surface area contributed by atoms with Crippen LogP contribution in [-0.4, -0.2) is 19.5 Å². The topological polar surface area (TPSA) is 69.9 Å². The highest BCUT2D eigenvalue weighted by Gasteiger charge is 2.23. The van der Waals surface area contributed by atoms with Gasteiger partial charge in [0.1, 0.15) is 22.3 Å². The quantitative estimate of drug-likeness (QED) is 0.176. The first-order valence-corrected chi connectivity index (χ1v) is 19.0. The summed E-state index contributed by atoms with van der Waals surface area (Å²) in [5.41, 5.74) is 11.3. The normalized spacial score (nSPS) is 11.9. The smallest absolute Gasteiger partial charge is 0.238 e. The number of hydrogen-bond acceptors (Lipinski definition) is 5. The van der Waals surface area contributed by atoms with Gasteiger partial charge < -0.3 is 8.83 Å². The Morgan fingerprint density at radius 3 is 1.63 bits per heavy atom. The number of para-hydroxylation sites is 1. The molecule has 0 aliphatic heterocycles. The van der Waals surface area contributed by atoms with Crippen molar-refractivity contribution in [3.8, 4) is 51.0 Å². The van der Waals surface area contributed by atoms with Crippen LogP contribution in [-0.2, 0) is 0 Å². The second-order valence-electron chi connectivity index (χ2n) is 14.3. The van der Waals surface area contributed by atoms with Gasteiger partial charge in [-0.15, -0.1) is 0 Å². The molecule has 0 unspecified atom stereocenters. The molecule has 12 aromatic rings. The summed E-state index contributed by atoms with van der Waals surface area (Å²) < 4.78 is 15.5. The van der Waals surface area contributed by atoms with Gasteiger partial charge in [-0.2, -0.15) is 9.97 Å². The molecule has 4 aromatic heterocycles. The summed E-state index contributed by atoms with van der Waals surface area (Å²) in [7, 11) is 0. The highest BCUT2D eigenvalue weighted by molar-refractivity contribution is 6.23. The lowest BCUT2D eigenvalue weighted by atomic mass is 9.99. The lowest BCUT2D eigenvalue weighted by Gasteiger charge is -2.11. The summed E-state index contributed by atoms with van der Waals surface area (Å²) in [5.74, 6) is 1.61. The summed E-state index contributed by atoms with van der Waals surface area (Å²) in [5, 5.41) is 6.37. The maximum atomic E-state index is 6.86. The van der Waals surface area contributed by atoms with E-state index < -0.39 is 0 Å². The zero-order chi connectivity index (χ0) is 37.5. The summed E-state index contributed by atoms with van der Waals surface area (Å²) in [6.07, 6.45) is 0. The van der Waals surface area contributed by atoms with E-state index in [-0.39, 0.29) is 0 Å². The Bertz CT molecular complexity index is 3510. The van der Waals surface area contributed by atoms with E-state index in [1.54, 1.807) is 0 Å². The maximum Gasteiger partial charge on any atom is 0.238 e. The molecule has 0 spiro atoms. The molecule has 266 valence electrons. The standard InChI is InChI=1S/C51H30N4O2/c1-4-14-31(15-5-1)35-21-12-24-42-45(35)39-27-26-34(30-44(39)56-42)50-52-49(33-18-8-3-9-19-33)53-51(54-50)55-41-23-11-10-20-37(41)38-28-29-40-46-36(32-16-6-2-7-17-32)22-13-25-43(46)57-48(40)47(38)55/h1-30H. The van der Waals surface area contributed by atoms with E-state index in [9.17, 15) is 0 Å². The lowest BCUT2D eigenvalue weighted by Crippen LogP contribution is -2.06. The van der Waals surface area contributed by atoms with E-state index in [1.165, 1.54) is 0 Å². The zero-order valence-electron chi connectivity index (χ0n) is 30.4. The number of hydrogen-bond donors (Lipinski definition) is 0. The van der Waals surface area contributed by atoms with Gasteiger partial charge in [-0.05, 0) is 58.7 Å². The maximum absolute atomic E-state index is 6.86. The van der Waals surface area contributed by atoms with Crippen LogP contribution in [0.2, 0.25) is 0 Å². The molecule has 12 rings (SSSR count). The molecule has 0 radical (unpaired) electrons. The van der Waals surface area contributed by atoms with E-state index >= 15 is 0 Å². The minimum absolute atomic E-state index is 0.498. The van der Waals surface area contributed by atoms with E-state index in [0.29, 0.717) is 17.6 Å². The minimum Gasteiger partial charge on any atom is -0.456 e. The summed E-state index contributed by atoms with van der Waals surface area (Å²) in [4.78, 5) is 15.6. The zero-order valence-corrected chi connectivity index (χ0v) is 30.4. The number of fused-ring (bicyclic) bond motifs is 10. The van der Waals surface area contributed by atoms with E-state index in [1.807, 2.05) is 66.7 Å². The number of benzene rings is 8. The van der Waals surface area contributed by atoms with Crippen molar-refractivity contribution < 1.29 is 8.83 Å². The fraction of sp³-hybridized carbons (Fsp3) is 0. The van der Waals surface area contributed by atoms with Crippen LogP contribution in [0.4, 0.5) is 0 Å². The lowest BCUT2D eigenvalue weighted by molar-refractivity contribution is 0.669. The predicted octanol–water partition coefficient (Wildman–Crippen LogP) is 13.4. The fourth-order valence-electron chi connectivity index (χ4n) is 8.53. The molecule has 0 N–H and O–H groups in total. The van der Waals surface area contributed by atoms with Crippen molar-refractivity contribution in [2.75, 3.05) is 0 Å². The Hall–Kier alpha value is -7.83. The third kappa shape index (κ3) is 4.87. The Morgan fingerprint density at radius 1 is 0.368 bits per heavy atom. The van der Waals surface area contributed by atoms with Crippen molar-refractivity contribution in [3.05, 3.63) is 182 Å². The molecule has 0 aliphatic rings. The van der Waals surface area contributed by atoms with Gasteiger partial charge in [-0.3, -0.25) is 4.57 Å². The molecule has 0 amide bonds. The van der Waals surface area contributed by atoms with Gasteiger partial charge in [0.2, 0.25) is 5.95 Å². The van der Waals surface area contributed by atoms with E-state index in [0.717, 1.165) is 99.1 Å². The van der Waals surface area contributed by atoms with Crippen LogP contribution in [0.5, 0.6) is 0 Å². The molecule has 0 bridgehead atoms. The molecule has 0 atom stereocenters. The van der Waals surface area contributed by atoms with Crippen LogP contribution >= 0.6 is 0 Å². The van der Waals surface area contributed by atoms with Crippen LogP contribution in [0, 0.1) is 0 Å². The van der Waals surface area contributed by atoms with Gasteiger partial charge in [0.15, 0.2) is 17.2 Å². The first kappa shape index (κ1) is 31.5. The Labute approximate surface area is 325 Å². The highest BCUT2D eigenvalue weighted by atomic mass is 16.3. The Morgan fingerprint density at radius 2 is 0.930 bits per heavy atom. The van der Waals surface area contributed by atoms with Crippen molar-refractivity contribution in [1.82, 2.24) is 19.5 Å². The molecule has 0 fully saturated rings. The van der Waals surface area contributed by atoms with Crippen molar-refractivity contribution >= 4 is 65.7 Å². The number of aromatic nitrogens is 4. The third-order valence-electron chi connectivity index (χ3n) is 11.1. The Balaban J connectivity index is 1.12. The van der Waals surface area contributed by atoms with Gasteiger partial charge in [-0.25, -0.2) is 4.98 Å². The molecule has 6 heteroatoms. The molecule has 0 saturated carbocycles. The minimum atomic E-state index is 0.498. The molecular weight excluding hydrogens is 701 g/mol. The molecule has 8 aromatic carbocycles. The average Bonchev–Trinajstić information content (AvgIpc) is 3.96. The second-order valence-corrected chi connectivity index (χ2v) is 14.3. The first-order valence-electron chi connectivity index (χ1n) is 19.0. The summed E-state index contributed by atoms with van der Waals surface area (Å²) in [6, 6.07) is 62.5. The van der Waals surface area contributed by atoms with E-state index in [4.69, 9.17) is 23.8 Å². The summed E-state index contributed by atoms with van der Waals surface area (Å²) in [6.45, 7) is 0. The average molecular weight is 731 g/mol. The number of rotatable bonds is 5.